The van der Waals surface area contributed by atoms with Gasteiger partial charge in [-0.05, 0) is 35.6 Å². The van der Waals surface area contributed by atoms with Gasteiger partial charge < -0.3 is 9.64 Å². The zero-order valence-electron chi connectivity index (χ0n) is 12.7. The highest BCUT2D eigenvalue weighted by molar-refractivity contribution is 8.01. The quantitative estimate of drug-likeness (QED) is 0.853. The molecule has 0 bridgehead atoms. The number of amides is 1. The summed E-state index contributed by atoms with van der Waals surface area (Å²) in [6.07, 6.45) is 4.91. The van der Waals surface area contributed by atoms with Crippen molar-refractivity contribution in [1.82, 2.24) is 9.88 Å². The molecule has 2 fully saturated rings. The van der Waals surface area contributed by atoms with E-state index >= 15 is 0 Å². The van der Waals surface area contributed by atoms with Gasteiger partial charge in [-0.3, -0.25) is 9.78 Å². The maximum atomic E-state index is 12.3. The number of hydrogen-bond donors (Lipinski definition) is 0. The van der Waals surface area contributed by atoms with E-state index in [-0.39, 0.29) is 16.8 Å². The van der Waals surface area contributed by atoms with Crippen LogP contribution in [-0.2, 0) is 11.3 Å². The molecule has 1 spiro atoms. The second kappa shape index (κ2) is 6.26. The second-order valence-corrected chi connectivity index (χ2v) is 8.43. The molecule has 0 aliphatic carbocycles. The Kier molecular flexibility index (Phi) is 4.13. The van der Waals surface area contributed by atoms with Gasteiger partial charge >= 0.3 is 0 Å². The van der Waals surface area contributed by atoms with Crippen LogP contribution in [0.15, 0.2) is 41.4 Å². The molecule has 2 aliphatic rings. The third kappa shape index (κ3) is 3.16. The lowest BCUT2D eigenvalue weighted by Crippen LogP contribution is -2.60. The number of carbonyl (C=O) groups is 1. The Balaban J connectivity index is 1.27. The van der Waals surface area contributed by atoms with Crippen molar-refractivity contribution < 1.29 is 9.53 Å². The van der Waals surface area contributed by atoms with Crippen LogP contribution >= 0.6 is 23.1 Å². The molecular weight excluding hydrogens is 328 g/mol. The van der Waals surface area contributed by atoms with Crippen molar-refractivity contribution in [3.63, 3.8) is 0 Å². The number of carbonyl (C=O) groups excluding carboxylic acids is 1. The van der Waals surface area contributed by atoms with Crippen LogP contribution in [0.1, 0.15) is 22.3 Å². The van der Waals surface area contributed by atoms with E-state index in [2.05, 4.69) is 4.98 Å². The van der Waals surface area contributed by atoms with E-state index in [1.165, 1.54) is 0 Å². The van der Waals surface area contributed by atoms with Crippen molar-refractivity contribution >= 4 is 29.0 Å². The lowest BCUT2D eigenvalue weighted by molar-refractivity contribution is 0.0255. The fraction of sp³-hybridized carbons (Fsp3) is 0.412. The zero-order valence-corrected chi connectivity index (χ0v) is 14.3. The van der Waals surface area contributed by atoms with E-state index in [1.54, 1.807) is 23.7 Å². The fourth-order valence-corrected chi connectivity index (χ4v) is 5.37. The number of rotatable bonds is 4. The van der Waals surface area contributed by atoms with Gasteiger partial charge in [0.2, 0.25) is 0 Å². The van der Waals surface area contributed by atoms with Gasteiger partial charge in [0.05, 0.1) is 23.0 Å². The topological polar surface area (TPSA) is 42.4 Å². The van der Waals surface area contributed by atoms with Crippen LogP contribution in [0.2, 0.25) is 0 Å². The number of hydrogen-bond acceptors (Lipinski definition) is 5. The van der Waals surface area contributed by atoms with E-state index in [0.29, 0.717) is 6.61 Å². The smallest absolute Gasteiger partial charge is 0.254 e. The third-order valence-electron chi connectivity index (χ3n) is 4.42. The molecule has 4 heterocycles. The van der Waals surface area contributed by atoms with Crippen LogP contribution in [0.4, 0.5) is 0 Å². The molecule has 2 aliphatic heterocycles. The van der Waals surface area contributed by atoms with Crippen LogP contribution in [0.3, 0.4) is 0 Å². The number of thioether (sulfide) groups is 1. The predicted molar refractivity (Wildman–Crippen MR) is 92.8 cm³/mol. The van der Waals surface area contributed by atoms with Gasteiger partial charge in [0.15, 0.2) is 0 Å². The summed E-state index contributed by atoms with van der Waals surface area (Å²) in [7, 11) is 0. The molecule has 4 nitrogen and oxygen atoms in total. The van der Waals surface area contributed by atoms with Gasteiger partial charge in [-0.1, -0.05) is 0 Å². The highest BCUT2D eigenvalue weighted by atomic mass is 32.2. The Hall–Kier alpha value is -1.37. The summed E-state index contributed by atoms with van der Waals surface area (Å²) in [5.74, 6) is 1.18. The first kappa shape index (κ1) is 15.2. The van der Waals surface area contributed by atoms with Gasteiger partial charge in [-0.2, -0.15) is 11.3 Å². The van der Waals surface area contributed by atoms with Gasteiger partial charge in [-0.15, -0.1) is 11.8 Å². The van der Waals surface area contributed by atoms with Crippen molar-refractivity contribution in [1.29, 1.82) is 0 Å². The summed E-state index contributed by atoms with van der Waals surface area (Å²) < 4.78 is 6.25. The Morgan fingerprint density at radius 1 is 1.35 bits per heavy atom. The van der Waals surface area contributed by atoms with Crippen LogP contribution in [-0.4, -0.2) is 45.5 Å². The maximum absolute atomic E-state index is 12.3. The predicted octanol–water partition coefficient (Wildman–Crippen LogP) is 3.06. The zero-order chi connectivity index (χ0) is 15.7. The third-order valence-corrected chi connectivity index (χ3v) is 6.68. The van der Waals surface area contributed by atoms with Crippen LogP contribution < -0.4 is 0 Å². The molecule has 0 saturated carbocycles. The molecule has 23 heavy (non-hydrogen) atoms. The first-order valence-electron chi connectivity index (χ1n) is 7.70. The first-order chi connectivity index (χ1) is 11.2. The van der Waals surface area contributed by atoms with Crippen LogP contribution in [0.5, 0.6) is 0 Å². The molecule has 0 radical (unpaired) electrons. The van der Waals surface area contributed by atoms with E-state index in [4.69, 9.17) is 4.74 Å². The highest BCUT2D eigenvalue weighted by Crippen LogP contribution is 2.46. The number of thiophene rings is 1. The van der Waals surface area contributed by atoms with Gasteiger partial charge in [0.1, 0.15) is 0 Å². The molecule has 0 N–H and O–H groups in total. The minimum absolute atomic E-state index is 0.165. The number of ether oxygens (including phenoxy) is 1. The molecule has 0 unspecified atom stereocenters. The van der Waals surface area contributed by atoms with Gasteiger partial charge in [-0.25, -0.2) is 0 Å². The average molecular weight is 346 g/mol. The summed E-state index contributed by atoms with van der Waals surface area (Å²) in [6, 6.07) is 5.88. The van der Waals surface area contributed by atoms with Gasteiger partial charge in [0.25, 0.3) is 5.91 Å². The minimum atomic E-state index is 0.165. The Bertz CT molecular complexity index is 669. The minimum Gasteiger partial charge on any atom is -0.373 e. The summed E-state index contributed by atoms with van der Waals surface area (Å²) in [5, 5.41) is 3.88. The SMILES string of the molecule is O=C(c1ccsc1)N1CC2(C[C@H](OCc3ccncc3)CS2)C1. The van der Waals surface area contributed by atoms with Crippen molar-refractivity contribution in [2.45, 2.75) is 23.9 Å². The van der Waals surface area contributed by atoms with Crippen molar-refractivity contribution in [3.05, 3.63) is 52.5 Å². The molecular formula is C17H18N2O2S2. The normalized spacial score (nSPS) is 22.3. The monoisotopic (exact) mass is 346 g/mol. The van der Waals surface area contributed by atoms with Gasteiger partial charge in [0, 0.05) is 36.6 Å². The van der Waals surface area contributed by atoms with Crippen molar-refractivity contribution in [2.24, 2.45) is 0 Å². The van der Waals surface area contributed by atoms with Crippen molar-refractivity contribution in [2.75, 3.05) is 18.8 Å². The molecule has 0 aromatic carbocycles. The maximum Gasteiger partial charge on any atom is 0.254 e. The van der Waals surface area contributed by atoms with Crippen molar-refractivity contribution in [3.8, 4) is 0 Å². The summed E-state index contributed by atoms with van der Waals surface area (Å²) in [5.41, 5.74) is 1.98. The highest BCUT2D eigenvalue weighted by Gasteiger charge is 2.51. The number of aromatic nitrogens is 1. The molecule has 1 atom stereocenters. The van der Waals surface area contributed by atoms with Crippen LogP contribution in [0.25, 0.3) is 0 Å². The first-order valence-corrected chi connectivity index (χ1v) is 9.63. The number of pyridine rings is 1. The summed E-state index contributed by atoms with van der Waals surface area (Å²) in [6.45, 7) is 2.34. The Labute approximate surface area is 143 Å². The lowest BCUT2D eigenvalue weighted by atomic mass is 9.92. The summed E-state index contributed by atoms with van der Waals surface area (Å²) >= 11 is 3.54. The van der Waals surface area contributed by atoms with E-state index in [9.17, 15) is 4.79 Å². The number of likely N-dealkylation sites (tertiary alicyclic amines) is 1. The number of nitrogens with zero attached hydrogens (tertiary/aromatic N) is 2. The lowest BCUT2D eigenvalue weighted by Gasteiger charge is -2.47. The second-order valence-electron chi connectivity index (χ2n) is 6.16. The Morgan fingerprint density at radius 3 is 2.91 bits per heavy atom. The molecule has 6 heteroatoms. The molecule has 4 rings (SSSR count). The molecule has 2 saturated heterocycles. The Morgan fingerprint density at radius 2 is 2.17 bits per heavy atom. The molecule has 2 aromatic rings. The largest absolute Gasteiger partial charge is 0.373 e. The molecule has 2 aromatic heterocycles. The average Bonchev–Trinajstić information content (AvgIpc) is 3.22. The van der Waals surface area contributed by atoms with E-state index in [0.717, 1.165) is 36.4 Å². The summed E-state index contributed by atoms with van der Waals surface area (Å²) in [4.78, 5) is 18.3. The molecule has 120 valence electrons. The standard InChI is InChI=1S/C17H18N2O2S2/c20-16(14-3-6-22-9-14)19-11-17(12-19)7-15(10-23-17)21-8-13-1-4-18-5-2-13/h1-6,9,15H,7-8,10-12H2/t15-/m0/s1. The van der Waals surface area contributed by atoms with E-state index < -0.39 is 0 Å². The van der Waals surface area contributed by atoms with Crippen LogP contribution in [0, 0.1) is 0 Å². The molecule has 1 amide bonds. The fourth-order valence-electron chi connectivity index (χ4n) is 3.18. The van der Waals surface area contributed by atoms with E-state index in [1.807, 2.05) is 45.6 Å².